The van der Waals surface area contributed by atoms with E-state index in [0.717, 1.165) is 22.6 Å². The molecule has 0 saturated heterocycles. The van der Waals surface area contributed by atoms with Gasteiger partial charge in [-0.15, -0.1) is 0 Å². The predicted molar refractivity (Wildman–Crippen MR) is 147 cm³/mol. The van der Waals surface area contributed by atoms with Gasteiger partial charge in [-0.25, -0.2) is 18.1 Å². The van der Waals surface area contributed by atoms with Crippen molar-refractivity contribution >= 4 is 27.5 Å². The Hall–Kier alpha value is -4.21. The highest BCUT2D eigenvalue weighted by molar-refractivity contribution is 7.89. The molecule has 38 heavy (non-hydrogen) atoms. The number of nitrogens with zero attached hydrogens (tertiary/aromatic N) is 1. The first-order valence-electron chi connectivity index (χ1n) is 11.9. The number of ether oxygens (including phenoxy) is 2. The number of hydrogen-bond acceptors (Lipinski definition) is 7. The van der Waals surface area contributed by atoms with Crippen LogP contribution >= 0.6 is 0 Å². The largest absolute Gasteiger partial charge is 0.495 e. The van der Waals surface area contributed by atoms with Crippen molar-refractivity contribution in [1.29, 1.82) is 0 Å². The molecule has 0 aliphatic rings. The maximum Gasteiger partial charge on any atom is 0.307 e. The molecule has 0 spiro atoms. The monoisotopic (exact) mass is 531 g/mol. The summed E-state index contributed by atoms with van der Waals surface area (Å²) < 4.78 is 40.1. The summed E-state index contributed by atoms with van der Waals surface area (Å²) in [5.74, 6) is 0.392. The molecule has 0 amide bonds. The van der Waals surface area contributed by atoms with Crippen molar-refractivity contribution in [3.05, 3.63) is 102 Å². The van der Waals surface area contributed by atoms with Crippen LogP contribution in [0.3, 0.4) is 0 Å². The Morgan fingerprint density at radius 1 is 0.921 bits per heavy atom. The van der Waals surface area contributed by atoms with Crippen LogP contribution in [0.1, 0.15) is 23.6 Å². The molecule has 196 valence electrons. The summed E-state index contributed by atoms with van der Waals surface area (Å²) in [7, 11) is -1.43. The number of aryl methyl sites for hydroxylation is 1. The van der Waals surface area contributed by atoms with Crippen LogP contribution in [0.2, 0.25) is 0 Å². The molecule has 0 radical (unpaired) electrons. The number of pyridine rings is 1. The summed E-state index contributed by atoms with van der Waals surface area (Å²) in [5, 5.41) is 3.31. The van der Waals surface area contributed by atoms with Crippen molar-refractivity contribution in [2.45, 2.75) is 24.3 Å². The number of aromatic nitrogens is 1. The number of hydrogen-bond donors (Lipinski definition) is 2. The van der Waals surface area contributed by atoms with Crippen LogP contribution in [0.15, 0.2) is 96.0 Å². The Bertz CT molecular complexity index is 1520. The molecule has 4 aromatic rings. The molecular weight excluding hydrogens is 502 g/mol. The lowest BCUT2D eigenvalue weighted by molar-refractivity contribution is -0.141. The summed E-state index contributed by atoms with van der Waals surface area (Å²) in [5.41, 5.74) is 3.93. The molecule has 4 rings (SSSR count). The molecule has 9 heteroatoms. The Morgan fingerprint density at radius 3 is 2.39 bits per heavy atom. The van der Waals surface area contributed by atoms with Crippen LogP contribution in [-0.2, 0) is 19.6 Å². The van der Waals surface area contributed by atoms with Crippen LogP contribution in [-0.4, -0.2) is 33.6 Å². The number of carbonyl (C=O) groups is 1. The van der Waals surface area contributed by atoms with E-state index in [2.05, 4.69) is 15.0 Å². The molecule has 1 heterocycles. The van der Waals surface area contributed by atoms with E-state index in [4.69, 9.17) is 9.47 Å². The fourth-order valence-electron chi connectivity index (χ4n) is 4.01. The van der Waals surface area contributed by atoms with E-state index >= 15 is 0 Å². The number of rotatable bonds is 10. The summed E-state index contributed by atoms with van der Waals surface area (Å²) in [4.78, 5) is 16.4. The van der Waals surface area contributed by atoms with Gasteiger partial charge in [0.25, 0.3) is 0 Å². The van der Waals surface area contributed by atoms with Crippen LogP contribution in [0, 0.1) is 6.92 Å². The average Bonchev–Trinajstić information content (AvgIpc) is 2.94. The second kappa shape index (κ2) is 11.9. The number of carbonyl (C=O) groups excluding carboxylic acids is 1. The second-order valence-corrected chi connectivity index (χ2v) is 10.3. The fourth-order valence-corrected chi connectivity index (χ4v) is 5.43. The van der Waals surface area contributed by atoms with Crippen molar-refractivity contribution < 1.29 is 22.7 Å². The number of anilines is 2. The Balaban J connectivity index is 1.68. The third-order valence-electron chi connectivity index (χ3n) is 6.02. The quantitative estimate of drug-likeness (QED) is 0.264. The predicted octanol–water partition coefficient (Wildman–Crippen LogP) is 5.39. The van der Waals surface area contributed by atoms with E-state index < -0.39 is 22.0 Å². The normalized spacial score (nSPS) is 12.0. The summed E-state index contributed by atoms with van der Waals surface area (Å²) in [6, 6.07) is 24.5. The van der Waals surface area contributed by atoms with Gasteiger partial charge in [0.05, 0.1) is 26.7 Å². The number of nitrogens with one attached hydrogen (secondary N) is 2. The summed E-state index contributed by atoms with van der Waals surface area (Å²) in [6.45, 7) is 1.97. The van der Waals surface area contributed by atoms with Crippen molar-refractivity contribution in [2.24, 2.45) is 0 Å². The van der Waals surface area contributed by atoms with Gasteiger partial charge in [0, 0.05) is 11.9 Å². The third-order valence-corrected chi connectivity index (χ3v) is 7.51. The standard InChI is InChI=1S/C29H29N3O5S/c1-20-9-8-16-30-29(20)31-24-13-7-12-22(17-24)23-14-15-26(36-2)27(18-23)38(34,35)32-25(19-28(33)37-3)21-10-5-4-6-11-21/h4-18,25,32H,19H2,1-3H3,(H,30,31). The van der Waals surface area contributed by atoms with Gasteiger partial charge in [-0.3, -0.25) is 4.79 Å². The molecule has 0 bridgehead atoms. The van der Waals surface area contributed by atoms with Gasteiger partial charge in [0.15, 0.2) is 0 Å². The zero-order valence-electron chi connectivity index (χ0n) is 21.3. The number of sulfonamides is 1. The molecule has 0 fully saturated rings. The van der Waals surface area contributed by atoms with Crippen molar-refractivity contribution in [1.82, 2.24) is 9.71 Å². The van der Waals surface area contributed by atoms with Crippen molar-refractivity contribution in [2.75, 3.05) is 19.5 Å². The van der Waals surface area contributed by atoms with Gasteiger partial charge >= 0.3 is 5.97 Å². The number of benzene rings is 3. The molecule has 0 saturated carbocycles. The lowest BCUT2D eigenvalue weighted by atomic mass is 10.0. The smallest absolute Gasteiger partial charge is 0.307 e. The van der Waals surface area contributed by atoms with Gasteiger partial charge < -0.3 is 14.8 Å². The second-order valence-electron chi connectivity index (χ2n) is 8.61. The summed E-state index contributed by atoms with van der Waals surface area (Å²) in [6.07, 6.45) is 1.55. The van der Waals surface area contributed by atoms with E-state index in [9.17, 15) is 13.2 Å². The minimum Gasteiger partial charge on any atom is -0.495 e. The molecule has 1 unspecified atom stereocenters. The van der Waals surface area contributed by atoms with Gasteiger partial charge in [0.1, 0.15) is 16.5 Å². The average molecular weight is 532 g/mol. The van der Waals surface area contributed by atoms with E-state index in [1.807, 2.05) is 49.4 Å². The Morgan fingerprint density at radius 2 is 1.68 bits per heavy atom. The SMILES string of the molecule is COC(=O)CC(NS(=O)(=O)c1cc(-c2cccc(Nc3ncccc3C)c2)ccc1OC)c1ccccc1. The highest BCUT2D eigenvalue weighted by Crippen LogP contribution is 2.33. The molecule has 3 aromatic carbocycles. The molecule has 0 aliphatic carbocycles. The highest BCUT2D eigenvalue weighted by atomic mass is 32.2. The fraction of sp³-hybridized carbons (Fsp3) is 0.172. The van der Waals surface area contributed by atoms with Crippen LogP contribution < -0.4 is 14.8 Å². The number of methoxy groups -OCH3 is 2. The van der Waals surface area contributed by atoms with Gasteiger partial charge in [-0.05, 0) is 59.5 Å². The first-order valence-corrected chi connectivity index (χ1v) is 13.4. The molecule has 0 aliphatic heterocycles. The zero-order valence-corrected chi connectivity index (χ0v) is 22.2. The lowest BCUT2D eigenvalue weighted by Crippen LogP contribution is -2.31. The zero-order chi connectivity index (χ0) is 27.1. The van der Waals surface area contributed by atoms with E-state index in [1.165, 1.54) is 14.2 Å². The highest BCUT2D eigenvalue weighted by Gasteiger charge is 2.27. The summed E-state index contributed by atoms with van der Waals surface area (Å²) >= 11 is 0. The van der Waals surface area contributed by atoms with E-state index in [0.29, 0.717) is 11.1 Å². The van der Waals surface area contributed by atoms with Crippen LogP contribution in [0.25, 0.3) is 11.1 Å². The van der Waals surface area contributed by atoms with Gasteiger partial charge in [0.2, 0.25) is 10.0 Å². The molecule has 2 N–H and O–H groups in total. The first kappa shape index (κ1) is 26.8. The Kier molecular flexibility index (Phi) is 8.40. The molecule has 8 nitrogen and oxygen atoms in total. The van der Waals surface area contributed by atoms with E-state index in [-0.39, 0.29) is 17.1 Å². The number of esters is 1. The minimum absolute atomic E-state index is 0.0396. The van der Waals surface area contributed by atoms with Gasteiger partial charge in [-0.2, -0.15) is 0 Å². The van der Waals surface area contributed by atoms with Crippen molar-refractivity contribution in [3.63, 3.8) is 0 Å². The lowest BCUT2D eigenvalue weighted by Gasteiger charge is -2.20. The maximum absolute atomic E-state index is 13.6. The van der Waals surface area contributed by atoms with Crippen LogP contribution in [0.5, 0.6) is 5.75 Å². The maximum atomic E-state index is 13.6. The molecule has 1 aromatic heterocycles. The minimum atomic E-state index is -4.11. The van der Waals surface area contributed by atoms with E-state index in [1.54, 1.807) is 48.7 Å². The van der Waals surface area contributed by atoms with Crippen molar-refractivity contribution in [3.8, 4) is 16.9 Å². The third kappa shape index (κ3) is 6.37. The first-order chi connectivity index (χ1) is 18.3. The van der Waals surface area contributed by atoms with Gasteiger partial charge in [-0.1, -0.05) is 54.6 Å². The topological polar surface area (TPSA) is 107 Å². The molecule has 1 atom stereocenters. The van der Waals surface area contributed by atoms with Crippen LogP contribution in [0.4, 0.5) is 11.5 Å². The molecular formula is C29H29N3O5S. The Labute approximate surface area is 222 Å².